The number of esters is 1. The van der Waals surface area contributed by atoms with Crippen LogP contribution in [0.1, 0.15) is 44.9 Å². The molecule has 0 unspecified atom stereocenters. The Hall–Kier alpha value is -0.570. The van der Waals surface area contributed by atoms with Crippen LogP contribution in [0.4, 0.5) is 0 Å². The second-order valence-corrected chi connectivity index (χ2v) is 4.60. The minimum atomic E-state index is -0.0552. The van der Waals surface area contributed by atoms with E-state index in [1.807, 2.05) is 0 Å². The minimum absolute atomic E-state index is 0.0552. The normalized spacial score (nSPS) is 26.3. The molecule has 0 bridgehead atoms. The van der Waals surface area contributed by atoms with E-state index in [4.69, 9.17) is 5.73 Å². The van der Waals surface area contributed by atoms with Crippen molar-refractivity contribution in [3.63, 3.8) is 0 Å². The topological polar surface area (TPSA) is 52.3 Å². The van der Waals surface area contributed by atoms with Crippen LogP contribution in [-0.4, -0.2) is 19.6 Å². The van der Waals surface area contributed by atoms with E-state index < -0.39 is 0 Å². The zero-order valence-electron chi connectivity index (χ0n) is 9.71. The fourth-order valence-electron chi connectivity index (χ4n) is 2.45. The van der Waals surface area contributed by atoms with Crippen LogP contribution >= 0.6 is 0 Å². The summed E-state index contributed by atoms with van der Waals surface area (Å²) in [6, 6.07) is 0. The lowest BCUT2D eigenvalue weighted by molar-refractivity contribution is -0.142. The highest BCUT2D eigenvalue weighted by Gasteiger charge is 2.22. The Morgan fingerprint density at radius 2 is 1.87 bits per heavy atom. The fraction of sp³-hybridized carbons (Fsp3) is 0.917. The van der Waals surface area contributed by atoms with E-state index in [0.29, 0.717) is 12.3 Å². The quantitative estimate of drug-likeness (QED) is 0.711. The van der Waals surface area contributed by atoms with Crippen molar-refractivity contribution in [1.29, 1.82) is 0 Å². The molecule has 0 spiro atoms. The lowest BCUT2D eigenvalue weighted by Gasteiger charge is -2.27. The molecule has 0 saturated heterocycles. The van der Waals surface area contributed by atoms with Crippen molar-refractivity contribution in [3.8, 4) is 0 Å². The maximum absolute atomic E-state index is 11.1. The standard InChI is InChI=1S/C12H23NO2/c1-15-12(14)9-11-6-4-10(5-7-11)3-2-8-13/h10-11H,2-9,13H2,1H3. The summed E-state index contributed by atoms with van der Waals surface area (Å²) in [7, 11) is 1.47. The van der Waals surface area contributed by atoms with Gasteiger partial charge in [0, 0.05) is 6.42 Å². The van der Waals surface area contributed by atoms with Crippen molar-refractivity contribution in [3.05, 3.63) is 0 Å². The third-order valence-electron chi connectivity index (χ3n) is 3.47. The Morgan fingerprint density at radius 3 is 2.40 bits per heavy atom. The number of methoxy groups -OCH3 is 1. The number of carbonyl (C=O) groups excluding carboxylic acids is 1. The molecular weight excluding hydrogens is 190 g/mol. The molecule has 0 atom stereocenters. The number of carbonyl (C=O) groups is 1. The van der Waals surface area contributed by atoms with Gasteiger partial charge in [-0.25, -0.2) is 0 Å². The van der Waals surface area contributed by atoms with Gasteiger partial charge in [-0.2, -0.15) is 0 Å². The number of ether oxygens (including phenoxy) is 1. The Bertz CT molecular complexity index is 186. The lowest BCUT2D eigenvalue weighted by atomic mass is 9.79. The van der Waals surface area contributed by atoms with Gasteiger partial charge < -0.3 is 10.5 Å². The Morgan fingerprint density at radius 1 is 1.27 bits per heavy atom. The highest BCUT2D eigenvalue weighted by Crippen LogP contribution is 2.33. The molecule has 3 nitrogen and oxygen atoms in total. The summed E-state index contributed by atoms with van der Waals surface area (Å²) in [6.45, 7) is 0.808. The molecule has 0 radical (unpaired) electrons. The van der Waals surface area contributed by atoms with Crippen LogP contribution < -0.4 is 5.73 Å². The van der Waals surface area contributed by atoms with E-state index >= 15 is 0 Å². The molecule has 0 amide bonds. The molecule has 0 heterocycles. The lowest BCUT2D eigenvalue weighted by Crippen LogP contribution is -2.18. The summed E-state index contributed by atoms with van der Waals surface area (Å²) in [5.41, 5.74) is 5.50. The fourth-order valence-corrected chi connectivity index (χ4v) is 2.45. The summed E-state index contributed by atoms with van der Waals surface area (Å²) >= 11 is 0. The molecule has 1 fully saturated rings. The van der Waals surface area contributed by atoms with Crippen LogP contribution in [0.25, 0.3) is 0 Å². The minimum Gasteiger partial charge on any atom is -0.469 e. The monoisotopic (exact) mass is 213 g/mol. The van der Waals surface area contributed by atoms with Gasteiger partial charge in [-0.05, 0) is 44.1 Å². The highest BCUT2D eigenvalue weighted by atomic mass is 16.5. The largest absolute Gasteiger partial charge is 0.469 e. The van der Waals surface area contributed by atoms with Gasteiger partial charge >= 0.3 is 5.97 Å². The van der Waals surface area contributed by atoms with Crippen molar-refractivity contribution in [1.82, 2.24) is 0 Å². The van der Waals surface area contributed by atoms with Gasteiger partial charge in [0.2, 0.25) is 0 Å². The summed E-state index contributed by atoms with van der Waals surface area (Å²) in [5.74, 6) is 1.36. The van der Waals surface area contributed by atoms with Crippen molar-refractivity contribution in [2.24, 2.45) is 17.6 Å². The molecule has 0 aromatic carbocycles. The number of rotatable bonds is 5. The first-order valence-corrected chi connectivity index (χ1v) is 6.03. The summed E-state index contributed by atoms with van der Waals surface area (Å²) in [6.07, 6.45) is 7.92. The maximum atomic E-state index is 11.1. The molecule has 1 aliphatic rings. The average molecular weight is 213 g/mol. The van der Waals surface area contributed by atoms with E-state index in [9.17, 15) is 4.79 Å². The molecule has 1 aliphatic carbocycles. The van der Waals surface area contributed by atoms with Gasteiger partial charge in [-0.1, -0.05) is 12.8 Å². The van der Waals surface area contributed by atoms with Crippen LogP contribution in [0.3, 0.4) is 0 Å². The zero-order valence-corrected chi connectivity index (χ0v) is 9.71. The van der Waals surface area contributed by atoms with Crippen LogP contribution in [-0.2, 0) is 9.53 Å². The van der Waals surface area contributed by atoms with Crippen LogP contribution in [0.2, 0.25) is 0 Å². The van der Waals surface area contributed by atoms with E-state index in [-0.39, 0.29) is 5.97 Å². The smallest absolute Gasteiger partial charge is 0.305 e. The molecule has 2 N–H and O–H groups in total. The van der Waals surface area contributed by atoms with Crippen LogP contribution in [0.5, 0.6) is 0 Å². The van der Waals surface area contributed by atoms with Gasteiger partial charge in [-0.15, -0.1) is 0 Å². The van der Waals surface area contributed by atoms with Gasteiger partial charge in [0.25, 0.3) is 0 Å². The van der Waals surface area contributed by atoms with E-state index in [2.05, 4.69) is 4.74 Å². The molecule has 15 heavy (non-hydrogen) atoms. The predicted molar refractivity (Wildman–Crippen MR) is 60.4 cm³/mol. The van der Waals surface area contributed by atoms with Crippen molar-refractivity contribution in [2.75, 3.05) is 13.7 Å². The first kappa shape index (κ1) is 12.5. The number of hydrogen-bond acceptors (Lipinski definition) is 3. The third kappa shape index (κ3) is 4.65. The van der Waals surface area contributed by atoms with E-state index in [1.54, 1.807) is 0 Å². The third-order valence-corrected chi connectivity index (χ3v) is 3.47. The first-order chi connectivity index (χ1) is 7.26. The van der Waals surface area contributed by atoms with Gasteiger partial charge in [0.15, 0.2) is 0 Å². The predicted octanol–water partition coefficient (Wildman–Crippen LogP) is 2.09. The molecule has 88 valence electrons. The van der Waals surface area contributed by atoms with Gasteiger partial charge in [0.1, 0.15) is 0 Å². The summed E-state index contributed by atoms with van der Waals surface area (Å²) in [5, 5.41) is 0. The number of hydrogen-bond donors (Lipinski definition) is 1. The van der Waals surface area contributed by atoms with Crippen molar-refractivity contribution >= 4 is 5.97 Å². The second-order valence-electron chi connectivity index (χ2n) is 4.60. The molecule has 1 saturated carbocycles. The van der Waals surface area contributed by atoms with Gasteiger partial charge in [0.05, 0.1) is 7.11 Å². The second kappa shape index (κ2) is 6.83. The Kier molecular flexibility index (Phi) is 5.69. The number of nitrogens with two attached hydrogens (primary N) is 1. The summed E-state index contributed by atoms with van der Waals surface area (Å²) in [4.78, 5) is 11.1. The van der Waals surface area contributed by atoms with Crippen molar-refractivity contribution in [2.45, 2.75) is 44.9 Å². The average Bonchev–Trinajstić information content (AvgIpc) is 2.28. The van der Waals surface area contributed by atoms with Crippen molar-refractivity contribution < 1.29 is 9.53 Å². The molecule has 0 aromatic heterocycles. The van der Waals surface area contributed by atoms with Gasteiger partial charge in [-0.3, -0.25) is 4.79 Å². The highest BCUT2D eigenvalue weighted by molar-refractivity contribution is 5.69. The maximum Gasteiger partial charge on any atom is 0.305 e. The first-order valence-electron chi connectivity index (χ1n) is 6.03. The zero-order chi connectivity index (χ0) is 11.1. The Balaban J connectivity index is 2.15. The molecule has 1 rings (SSSR count). The van der Waals surface area contributed by atoms with Crippen LogP contribution in [0, 0.1) is 11.8 Å². The van der Waals surface area contributed by atoms with E-state index in [1.165, 1.54) is 39.2 Å². The SMILES string of the molecule is COC(=O)CC1CCC(CCCN)CC1. The molecule has 0 aliphatic heterocycles. The van der Waals surface area contributed by atoms with Crippen LogP contribution in [0.15, 0.2) is 0 Å². The molecular formula is C12H23NO2. The Labute approximate surface area is 92.4 Å². The summed E-state index contributed by atoms with van der Waals surface area (Å²) < 4.78 is 4.69. The molecule has 3 heteroatoms. The molecule has 0 aromatic rings. The van der Waals surface area contributed by atoms with E-state index in [0.717, 1.165) is 18.9 Å².